The Balaban J connectivity index is 1.16. The van der Waals surface area contributed by atoms with E-state index in [4.69, 9.17) is 0 Å². The van der Waals surface area contributed by atoms with E-state index in [0.29, 0.717) is 5.92 Å². The number of hydrogen-bond acceptors (Lipinski definition) is 2. The number of nitrogens with zero attached hydrogens (tertiary/aromatic N) is 2. The number of anilines is 1. The molecule has 1 aliphatic carbocycles. The maximum absolute atomic E-state index is 13.2. The lowest BCUT2D eigenvalue weighted by Crippen LogP contribution is -2.40. The van der Waals surface area contributed by atoms with Crippen molar-refractivity contribution in [3.8, 4) is 0 Å². The van der Waals surface area contributed by atoms with Crippen molar-refractivity contribution in [3.05, 3.63) is 70.5 Å². The zero-order valence-electron chi connectivity index (χ0n) is 18.7. The Morgan fingerprint density at radius 3 is 2.47 bits per heavy atom. The lowest BCUT2D eigenvalue weighted by Gasteiger charge is -2.32. The number of likely N-dealkylation sites (tertiary alicyclic amines) is 2. The maximum Gasteiger partial charge on any atom is 0.321 e. The van der Waals surface area contributed by atoms with Crippen molar-refractivity contribution in [2.24, 2.45) is 0 Å². The topological polar surface area (TPSA) is 35.6 Å². The van der Waals surface area contributed by atoms with E-state index in [9.17, 15) is 9.18 Å². The number of rotatable bonds is 4. The second-order valence-corrected chi connectivity index (χ2v) is 9.44. The number of aryl methyl sites for hydroxylation is 1. The molecule has 2 amide bonds. The molecule has 4 nitrogen and oxygen atoms in total. The normalized spacial score (nSPS) is 19.5. The number of amides is 2. The van der Waals surface area contributed by atoms with E-state index < -0.39 is 0 Å². The molecule has 0 spiro atoms. The summed E-state index contributed by atoms with van der Waals surface area (Å²) in [6, 6.07) is 13.1. The summed E-state index contributed by atoms with van der Waals surface area (Å²) in [5, 5.41) is 3.10. The minimum absolute atomic E-state index is 0.0245. The molecule has 0 bridgehead atoms. The highest BCUT2D eigenvalue weighted by Crippen LogP contribution is 2.30. The van der Waals surface area contributed by atoms with E-state index in [1.807, 2.05) is 23.1 Å². The molecule has 2 aliphatic heterocycles. The van der Waals surface area contributed by atoms with Crippen LogP contribution in [0.25, 0.3) is 6.08 Å². The fraction of sp³-hybridized carbons (Fsp3) is 0.444. The van der Waals surface area contributed by atoms with Crippen LogP contribution in [-0.2, 0) is 6.42 Å². The highest BCUT2D eigenvalue weighted by atomic mass is 19.1. The predicted molar refractivity (Wildman–Crippen MR) is 127 cm³/mol. The van der Waals surface area contributed by atoms with Gasteiger partial charge in [-0.05, 0) is 98.5 Å². The molecule has 0 unspecified atom stereocenters. The van der Waals surface area contributed by atoms with E-state index >= 15 is 0 Å². The minimum atomic E-state index is -0.200. The smallest absolute Gasteiger partial charge is 0.321 e. The summed E-state index contributed by atoms with van der Waals surface area (Å²) >= 11 is 0. The highest BCUT2D eigenvalue weighted by Gasteiger charge is 2.24. The third-order valence-corrected chi connectivity index (χ3v) is 7.22. The molecule has 5 heteroatoms. The summed E-state index contributed by atoms with van der Waals surface area (Å²) in [6.07, 6.45) is 8.98. The van der Waals surface area contributed by atoms with Crippen LogP contribution in [0, 0.1) is 5.82 Å². The standard InChI is InChI=1S/C27H32FN3O/c28-25-8-5-21(6-9-25)22-11-15-31(16-12-22)27(32)29-26-10-7-23-17-20(3-4-24(23)18-26)19-30-13-1-2-14-30/h5-10,17-18,22H,1-4,11-16,19H2,(H,29,32). The van der Waals surface area contributed by atoms with Gasteiger partial charge in [-0.25, -0.2) is 9.18 Å². The zero-order valence-corrected chi connectivity index (χ0v) is 18.7. The molecule has 0 atom stereocenters. The van der Waals surface area contributed by atoms with Crippen LogP contribution < -0.4 is 5.32 Å². The summed E-state index contributed by atoms with van der Waals surface area (Å²) in [4.78, 5) is 17.3. The fourth-order valence-corrected chi connectivity index (χ4v) is 5.33. The number of carbonyl (C=O) groups is 1. The third kappa shape index (κ3) is 4.88. The number of nitrogens with one attached hydrogen (secondary N) is 1. The van der Waals surface area contributed by atoms with Gasteiger partial charge in [0.1, 0.15) is 5.82 Å². The van der Waals surface area contributed by atoms with Crippen LogP contribution in [0.3, 0.4) is 0 Å². The summed E-state index contributed by atoms with van der Waals surface area (Å²) in [5.74, 6) is 0.193. The Labute approximate surface area is 190 Å². The molecular weight excluding hydrogens is 401 g/mol. The first-order valence-electron chi connectivity index (χ1n) is 12.0. The van der Waals surface area contributed by atoms with Crippen molar-refractivity contribution >= 4 is 17.8 Å². The first-order chi connectivity index (χ1) is 15.6. The summed E-state index contributed by atoms with van der Waals surface area (Å²) in [5.41, 5.74) is 6.19. The molecule has 0 aromatic heterocycles. The average molecular weight is 434 g/mol. The molecule has 0 saturated carbocycles. The molecule has 168 valence electrons. The van der Waals surface area contributed by atoms with E-state index in [-0.39, 0.29) is 11.8 Å². The zero-order chi connectivity index (χ0) is 21.9. The molecule has 2 aromatic carbocycles. The van der Waals surface area contributed by atoms with Gasteiger partial charge >= 0.3 is 6.03 Å². The van der Waals surface area contributed by atoms with Crippen LogP contribution in [0.1, 0.15) is 54.7 Å². The van der Waals surface area contributed by atoms with Gasteiger partial charge in [-0.1, -0.05) is 29.8 Å². The van der Waals surface area contributed by atoms with Gasteiger partial charge in [-0.15, -0.1) is 0 Å². The SMILES string of the molecule is O=C(Nc1ccc2c(c1)CCC(CN1CCCC1)=C2)N1CCC(c2ccc(F)cc2)CC1. The lowest BCUT2D eigenvalue weighted by molar-refractivity contribution is 0.194. The van der Waals surface area contributed by atoms with Crippen molar-refractivity contribution < 1.29 is 9.18 Å². The van der Waals surface area contributed by atoms with Crippen LogP contribution in [-0.4, -0.2) is 48.6 Å². The van der Waals surface area contributed by atoms with Gasteiger partial charge in [-0.2, -0.15) is 0 Å². The monoisotopic (exact) mass is 433 g/mol. The Hall–Kier alpha value is -2.66. The fourth-order valence-electron chi connectivity index (χ4n) is 5.33. The van der Waals surface area contributed by atoms with E-state index in [1.54, 1.807) is 0 Å². The highest BCUT2D eigenvalue weighted by molar-refractivity contribution is 5.89. The van der Waals surface area contributed by atoms with Crippen molar-refractivity contribution in [1.29, 1.82) is 0 Å². The number of benzene rings is 2. The predicted octanol–water partition coefficient (Wildman–Crippen LogP) is 5.66. The van der Waals surface area contributed by atoms with Gasteiger partial charge in [0.15, 0.2) is 0 Å². The van der Waals surface area contributed by atoms with Crippen LogP contribution in [0.15, 0.2) is 48.0 Å². The third-order valence-electron chi connectivity index (χ3n) is 7.22. The summed E-state index contributed by atoms with van der Waals surface area (Å²) < 4.78 is 13.2. The molecule has 5 rings (SSSR count). The summed E-state index contributed by atoms with van der Waals surface area (Å²) in [7, 11) is 0. The van der Waals surface area contributed by atoms with Crippen LogP contribution in [0.4, 0.5) is 14.9 Å². The van der Waals surface area contributed by atoms with Gasteiger partial charge in [0, 0.05) is 25.3 Å². The Morgan fingerprint density at radius 2 is 1.72 bits per heavy atom. The van der Waals surface area contributed by atoms with Crippen molar-refractivity contribution in [2.75, 3.05) is 38.0 Å². The van der Waals surface area contributed by atoms with Crippen LogP contribution in [0.2, 0.25) is 0 Å². The van der Waals surface area contributed by atoms with Crippen molar-refractivity contribution in [2.45, 2.75) is 44.4 Å². The Morgan fingerprint density at radius 1 is 0.969 bits per heavy atom. The quantitative estimate of drug-likeness (QED) is 0.675. The van der Waals surface area contributed by atoms with Crippen LogP contribution in [0.5, 0.6) is 0 Å². The molecule has 32 heavy (non-hydrogen) atoms. The minimum Gasteiger partial charge on any atom is -0.324 e. The van der Waals surface area contributed by atoms with Gasteiger partial charge in [-0.3, -0.25) is 4.90 Å². The lowest BCUT2D eigenvalue weighted by atomic mass is 9.89. The number of fused-ring (bicyclic) bond motifs is 1. The number of carbonyl (C=O) groups excluding carboxylic acids is 1. The van der Waals surface area contributed by atoms with Crippen molar-refractivity contribution in [3.63, 3.8) is 0 Å². The second kappa shape index (κ2) is 9.45. The van der Waals surface area contributed by atoms with Crippen molar-refractivity contribution in [1.82, 2.24) is 9.80 Å². The molecule has 2 heterocycles. The molecule has 0 radical (unpaired) electrons. The maximum atomic E-state index is 13.2. The molecular formula is C27H32FN3O. The molecule has 1 N–H and O–H groups in total. The number of hydrogen-bond donors (Lipinski definition) is 1. The molecule has 2 aromatic rings. The first-order valence-corrected chi connectivity index (χ1v) is 12.0. The second-order valence-electron chi connectivity index (χ2n) is 9.44. The van der Waals surface area contributed by atoms with Gasteiger partial charge in [0.05, 0.1) is 0 Å². The number of piperidine rings is 1. The Bertz CT molecular complexity index is 986. The molecule has 2 saturated heterocycles. The van der Waals surface area contributed by atoms with Gasteiger partial charge in [0.2, 0.25) is 0 Å². The largest absolute Gasteiger partial charge is 0.324 e. The van der Waals surface area contributed by atoms with Crippen LogP contribution >= 0.6 is 0 Å². The van der Waals surface area contributed by atoms with E-state index in [1.165, 1.54) is 60.3 Å². The van der Waals surface area contributed by atoms with E-state index in [2.05, 4.69) is 28.4 Å². The average Bonchev–Trinajstić information content (AvgIpc) is 3.33. The van der Waals surface area contributed by atoms with Gasteiger partial charge in [0.25, 0.3) is 0 Å². The number of urea groups is 1. The number of halogens is 1. The Kier molecular flexibility index (Phi) is 6.26. The summed E-state index contributed by atoms with van der Waals surface area (Å²) in [6.45, 7) is 5.02. The first kappa shape index (κ1) is 21.2. The van der Waals surface area contributed by atoms with E-state index in [0.717, 1.165) is 51.0 Å². The molecule has 2 fully saturated rings. The van der Waals surface area contributed by atoms with Gasteiger partial charge < -0.3 is 10.2 Å². The molecule has 3 aliphatic rings.